The van der Waals surface area contributed by atoms with E-state index in [1.807, 2.05) is 0 Å². The lowest BCUT2D eigenvalue weighted by Gasteiger charge is -2.49. The minimum absolute atomic E-state index is 0.551. The molecule has 41 heavy (non-hydrogen) atoms. The van der Waals surface area contributed by atoms with Gasteiger partial charge in [0.25, 0.3) is 0 Å². The van der Waals surface area contributed by atoms with E-state index in [1.54, 1.807) is 0 Å². The fourth-order valence-corrected chi connectivity index (χ4v) is 5.05. The van der Waals surface area contributed by atoms with Crippen molar-refractivity contribution in [3.63, 3.8) is 0 Å². The van der Waals surface area contributed by atoms with E-state index in [-0.39, 0.29) is 0 Å². The Morgan fingerprint density at radius 2 is 1.10 bits per heavy atom. The Hall–Kier alpha value is -1.62. The molecule has 18 heteroatoms. The predicted molar refractivity (Wildman–Crippen MR) is 129 cm³/mol. The summed E-state index contributed by atoms with van der Waals surface area (Å²) in [6, 6.07) is -2.55. The molecule has 0 unspecified atom stereocenters. The van der Waals surface area contributed by atoms with E-state index < -0.39 is 124 Å². The molecule has 18 nitrogen and oxygen atoms in total. The van der Waals surface area contributed by atoms with Crippen molar-refractivity contribution in [1.29, 1.82) is 0 Å². The van der Waals surface area contributed by atoms with Crippen LogP contribution in [0, 0.1) is 0 Å². The molecule has 0 radical (unpaired) electrons. The maximum absolute atomic E-state index is 11.8. The van der Waals surface area contributed by atoms with Crippen molar-refractivity contribution in [3.05, 3.63) is 0 Å². The van der Waals surface area contributed by atoms with Gasteiger partial charge in [-0.25, -0.2) is 0 Å². The summed E-state index contributed by atoms with van der Waals surface area (Å²) in [5, 5.41) is 87.4. The summed E-state index contributed by atoms with van der Waals surface area (Å²) in [5.74, 6) is -1.18. The van der Waals surface area contributed by atoms with Crippen LogP contribution in [0.3, 0.4) is 0 Å². The molecule has 3 aliphatic heterocycles. The first-order valence-corrected chi connectivity index (χ1v) is 13.0. The van der Waals surface area contributed by atoms with Crippen LogP contribution in [0.5, 0.6) is 0 Å². The number of rotatable bonds is 10. The second kappa shape index (κ2) is 14.7. The Morgan fingerprint density at radius 3 is 1.63 bits per heavy atom. The van der Waals surface area contributed by atoms with Gasteiger partial charge in [-0.05, 0) is 0 Å². The summed E-state index contributed by atoms with van der Waals surface area (Å²) in [4.78, 5) is 23.5. The normalized spacial score (nSPS) is 45.2. The van der Waals surface area contributed by atoms with Crippen LogP contribution in [-0.4, -0.2) is 172 Å². The van der Waals surface area contributed by atoms with E-state index in [4.69, 9.17) is 28.4 Å². The summed E-state index contributed by atoms with van der Waals surface area (Å²) in [5.41, 5.74) is 0. The Bertz CT molecular complexity index is 868. The SMILES string of the molecule is CO[C@H]1O[C@H](CO)[C@H](O)[C@H](O[C@@H]2O[C@H](CO)[C@H](O[C@H]3O[C@H](CO)[C@@H](O)[C@H](O)[C@H]3NC(C)=O)[C@H](O)[C@H]2O)[C@H]1NC(C)=O. The van der Waals surface area contributed by atoms with Gasteiger partial charge < -0.3 is 79.9 Å². The van der Waals surface area contributed by atoms with Crippen molar-refractivity contribution >= 4 is 11.8 Å². The lowest BCUT2D eigenvalue weighted by atomic mass is 9.94. The van der Waals surface area contributed by atoms with Gasteiger partial charge in [-0.3, -0.25) is 9.59 Å². The molecule has 0 aromatic heterocycles. The smallest absolute Gasteiger partial charge is 0.217 e. The van der Waals surface area contributed by atoms with Gasteiger partial charge >= 0.3 is 0 Å². The minimum Gasteiger partial charge on any atom is -0.394 e. The Morgan fingerprint density at radius 1 is 0.610 bits per heavy atom. The average Bonchev–Trinajstić information content (AvgIpc) is 2.93. The molecule has 0 aromatic rings. The summed E-state index contributed by atoms with van der Waals surface area (Å²) >= 11 is 0. The molecule has 3 rings (SSSR count). The molecule has 3 heterocycles. The molecule has 238 valence electrons. The van der Waals surface area contributed by atoms with Crippen LogP contribution in [0.2, 0.25) is 0 Å². The van der Waals surface area contributed by atoms with E-state index >= 15 is 0 Å². The monoisotopic (exact) mass is 600 g/mol. The number of aliphatic hydroxyl groups is 8. The van der Waals surface area contributed by atoms with E-state index in [9.17, 15) is 50.4 Å². The first-order valence-electron chi connectivity index (χ1n) is 13.0. The Labute approximate surface area is 234 Å². The second-order valence-corrected chi connectivity index (χ2v) is 10.0. The van der Waals surface area contributed by atoms with Crippen molar-refractivity contribution in [2.24, 2.45) is 0 Å². The third-order valence-electron chi connectivity index (χ3n) is 7.11. The highest BCUT2D eigenvalue weighted by atomic mass is 16.7. The number of carbonyl (C=O) groups is 2. The molecule has 0 aromatic carbocycles. The molecule has 3 saturated heterocycles. The van der Waals surface area contributed by atoms with Crippen LogP contribution in [0.25, 0.3) is 0 Å². The second-order valence-electron chi connectivity index (χ2n) is 10.0. The number of hydrogen-bond donors (Lipinski definition) is 10. The maximum Gasteiger partial charge on any atom is 0.217 e. The fraction of sp³-hybridized carbons (Fsp3) is 0.913. The Balaban J connectivity index is 1.82. The highest BCUT2D eigenvalue weighted by Gasteiger charge is 2.54. The topological polar surface area (TPSA) is 275 Å². The molecular formula is C23H40N2O16. The standard InChI is InChI=1S/C23H40N2O16/c1-7(29)24-12-16(33)14(31)9(4-26)38-22(12)40-19-11(6-28)39-23(18(35)17(19)34)41-20-13(25-8(2)30)21(36-3)37-10(5-27)15(20)32/h9-23,26-28,31-35H,4-6H2,1-3H3,(H,24,29)(H,25,30)/t9-,10-,11-,12-,13-,14-,15+,16-,17-,18-,19+,20-,21+,22-,23+/m1/s1. The zero-order valence-corrected chi connectivity index (χ0v) is 22.6. The number of aliphatic hydroxyl groups excluding tert-OH is 8. The van der Waals surface area contributed by atoms with E-state index in [0.717, 1.165) is 6.92 Å². The van der Waals surface area contributed by atoms with Crippen molar-refractivity contribution in [2.45, 2.75) is 106 Å². The highest BCUT2D eigenvalue weighted by molar-refractivity contribution is 5.73. The van der Waals surface area contributed by atoms with Gasteiger partial charge in [0, 0.05) is 21.0 Å². The largest absolute Gasteiger partial charge is 0.394 e. The highest BCUT2D eigenvalue weighted by Crippen LogP contribution is 2.32. The van der Waals surface area contributed by atoms with Crippen LogP contribution in [0.4, 0.5) is 0 Å². The van der Waals surface area contributed by atoms with E-state index in [2.05, 4.69) is 10.6 Å². The first-order chi connectivity index (χ1) is 19.4. The average molecular weight is 601 g/mol. The lowest BCUT2D eigenvalue weighted by molar-refractivity contribution is -0.365. The quantitative estimate of drug-likeness (QED) is 0.112. The number of methoxy groups -OCH3 is 1. The van der Waals surface area contributed by atoms with Gasteiger partial charge in [-0.1, -0.05) is 0 Å². The summed E-state index contributed by atoms with van der Waals surface area (Å²) in [6.07, 6.45) is -20.1. The van der Waals surface area contributed by atoms with Crippen LogP contribution in [0.1, 0.15) is 13.8 Å². The molecular weight excluding hydrogens is 560 g/mol. The molecule has 3 fully saturated rings. The number of nitrogens with one attached hydrogen (secondary N) is 2. The predicted octanol–water partition coefficient (Wildman–Crippen LogP) is -6.63. The zero-order valence-electron chi connectivity index (χ0n) is 22.6. The lowest BCUT2D eigenvalue weighted by Crippen LogP contribution is -2.69. The van der Waals surface area contributed by atoms with Crippen molar-refractivity contribution in [3.8, 4) is 0 Å². The van der Waals surface area contributed by atoms with Gasteiger partial charge in [-0.15, -0.1) is 0 Å². The van der Waals surface area contributed by atoms with E-state index in [0.29, 0.717) is 0 Å². The van der Waals surface area contributed by atoms with Crippen molar-refractivity contribution in [2.75, 3.05) is 26.9 Å². The van der Waals surface area contributed by atoms with Crippen LogP contribution >= 0.6 is 0 Å². The molecule has 3 aliphatic rings. The third-order valence-corrected chi connectivity index (χ3v) is 7.11. The van der Waals surface area contributed by atoms with Gasteiger partial charge in [0.1, 0.15) is 73.1 Å². The molecule has 0 spiro atoms. The molecule has 0 aliphatic carbocycles. The zero-order chi connectivity index (χ0) is 30.6. The third kappa shape index (κ3) is 7.48. The van der Waals surface area contributed by atoms with Gasteiger partial charge in [-0.2, -0.15) is 0 Å². The van der Waals surface area contributed by atoms with Gasteiger partial charge in [0.2, 0.25) is 11.8 Å². The van der Waals surface area contributed by atoms with Crippen molar-refractivity contribution in [1.82, 2.24) is 10.6 Å². The van der Waals surface area contributed by atoms with Gasteiger partial charge in [0.05, 0.1) is 19.8 Å². The van der Waals surface area contributed by atoms with Gasteiger partial charge in [0.15, 0.2) is 18.9 Å². The van der Waals surface area contributed by atoms with E-state index in [1.165, 1.54) is 14.0 Å². The number of hydrogen-bond acceptors (Lipinski definition) is 16. The fourth-order valence-electron chi connectivity index (χ4n) is 5.05. The summed E-state index contributed by atoms with van der Waals surface area (Å²) in [7, 11) is 1.25. The Kier molecular flexibility index (Phi) is 12.2. The number of carbonyl (C=O) groups excluding carboxylic acids is 2. The summed E-state index contributed by atoms with van der Waals surface area (Å²) in [6.45, 7) is 0.102. The number of amides is 2. The molecule has 15 atom stereocenters. The summed E-state index contributed by atoms with van der Waals surface area (Å²) < 4.78 is 33.3. The van der Waals surface area contributed by atoms with Crippen molar-refractivity contribution < 1.29 is 78.9 Å². The molecule has 0 bridgehead atoms. The van der Waals surface area contributed by atoms with Crippen LogP contribution in [-0.2, 0) is 38.0 Å². The first kappa shape index (κ1) is 33.9. The van der Waals surface area contributed by atoms with Crippen LogP contribution in [0.15, 0.2) is 0 Å². The minimum atomic E-state index is -1.91. The molecule has 2 amide bonds. The number of ether oxygens (including phenoxy) is 6. The molecule has 10 N–H and O–H groups in total. The van der Waals surface area contributed by atoms with Crippen LogP contribution < -0.4 is 10.6 Å². The maximum atomic E-state index is 11.8. The molecule has 0 saturated carbocycles.